The highest BCUT2D eigenvalue weighted by atomic mass is 32.1. The number of hydrogen-bond acceptors (Lipinski definition) is 5. The molecule has 0 aliphatic heterocycles. The molecule has 0 radical (unpaired) electrons. The molecule has 5 heteroatoms. The van der Waals surface area contributed by atoms with Crippen LogP contribution in [0.4, 0.5) is 0 Å². The van der Waals surface area contributed by atoms with Gasteiger partial charge < -0.3 is 5.32 Å². The Bertz CT molecular complexity index is 422. The Hall–Kier alpha value is -1.33. The van der Waals surface area contributed by atoms with Gasteiger partial charge in [0.1, 0.15) is 0 Å². The highest BCUT2D eigenvalue weighted by Crippen LogP contribution is 2.18. The van der Waals surface area contributed by atoms with Gasteiger partial charge in [-0.1, -0.05) is 13.8 Å². The second-order valence-corrected chi connectivity index (χ2v) is 4.70. The number of hydrogen-bond donors (Lipinski definition) is 1. The van der Waals surface area contributed by atoms with E-state index in [4.69, 9.17) is 0 Å². The zero-order valence-corrected chi connectivity index (χ0v) is 10.2. The van der Waals surface area contributed by atoms with E-state index in [-0.39, 0.29) is 0 Å². The molecule has 0 aliphatic carbocycles. The molecular weight excluding hydrogens is 220 g/mol. The minimum atomic E-state index is 0.473. The lowest BCUT2D eigenvalue weighted by Gasteiger charge is -2.07. The van der Waals surface area contributed by atoms with Crippen LogP contribution in [0.25, 0.3) is 10.7 Å². The summed E-state index contributed by atoms with van der Waals surface area (Å²) < 4.78 is 0. The molecule has 0 amide bonds. The molecule has 2 heterocycles. The molecule has 4 nitrogen and oxygen atoms in total. The first-order valence-corrected chi connectivity index (χ1v) is 6.07. The summed E-state index contributed by atoms with van der Waals surface area (Å²) in [6.07, 6.45) is 5.50. The van der Waals surface area contributed by atoms with Gasteiger partial charge in [0.25, 0.3) is 0 Å². The van der Waals surface area contributed by atoms with Crippen molar-refractivity contribution in [2.75, 3.05) is 0 Å². The number of nitrogens with zero attached hydrogens (tertiary/aromatic N) is 3. The molecule has 16 heavy (non-hydrogen) atoms. The van der Waals surface area contributed by atoms with Crippen molar-refractivity contribution in [3.63, 3.8) is 0 Å². The Labute approximate surface area is 98.8 Å². The standard InChI is InChI=1S/C11H14N4S/c1-8(2)13-3-9-4-14-11(15-5-9)10-6-12-7-16-10/h4-8,13H,3H2,1-2H3. The summed E-state index contributed by atoms with van der Waals surface area (Å²) in [4.78, 5) is 13.6. The summed E-state index contributed by atoms with van der Waals surface area (Å²) in [6.45, 7) is 5.04. The molecule has 0 spiro atoms. The van der Waals surface area contributed by atoms with Gasteiger partial charge in [0.05, 0.1) is 10.4 Å². The van der Waals surface area contributed by atoms with E-state index in [0.29, 0.717) is 6.04 Å². The summed E-state index contributed by atoms with van der Waals surface area (Å²) in [5.74, 6) is 0.746. The molecule has 0 bridgehead atoms. The van der Waals surface area contributed by atoms with Crippen molar-refractivity contribution in [3.8, 4) is 10.7 Å². The third kappa shape index (κ3) is 2.84. The Balaban J connectivity index is 2.05. The van der Waals surface area contributed by atoms with Gasteiger partial charge in [0.15, 0.2) is 5.82 Å². The van der Waals surface area contributed by atoms with E-state index < -0.39 is 0 Å². The van der Waals surface area contributed by atoms with E-state index >= 15 is 0 Å². The smallest absolute Gasteiger partial charge is 0.171 e. The van der Waals surface area contributed by atoms with Crippen LogP contribution in [0, 0.1) is 0 Å². The highest BCUT2D eigenvalue weighted by Gasteiger charge is 2.02. The molecule has 0 fully saturated rings. The van der Waals surface area contributed by atoms with Crippen LogP contribution in [-0.4, -0.2) is 21.0 Å². The van der Waals surface area contributed by atoms with Gasteiger partial charge >= 0.3 is 0 Å². The van der Waals surface area contributed by atoms with Crippen molar-refractivity contribution in [1.82, 2.24) is 20.3 Å². The molecule has 2 aromatic rings. The summed E-state index contributed by atoms with van der Waals surface area (Å²) in [7, 11) is 0. The maximum atomic E-state index is 4.32. The number of nitrogens with one attached hydrogen (secondary N) is 1. The largest absolute Gasteiger partial charge is 0.310 e. The first kappa shape index (κ1) is 11.2. The van der Waals surface area contributed by atoms with Crippen molar-refractivity contribution in [2.24, 2.45) is 0 Å². The van der Waals surface area contributed by atoms with Crippen LogP contribution in [0.3, 0.4) is 0 Å². The van der Waals surface area contributed by atoms with Gasteiger partial charge in [-0.2, -0.15) is 0 Å². The molecule has 1 N–H and O–H groups in total. The third-order valence-electron chi connectivity index (χ3n) is 2.07. The predicted molar refractivity (Wildman–Crippen MR) is 65.1 cm³/mol. The summed E-state index contributed by atoms with van der Waals surface area (Å²) in [5, 5.41) is 3.33. The van der Waals surface area contributed by atoms with Crippen molar-refractivity contribution >= 4 is 11.3 Å². The molecule has 2 aromatic heterocycles. The Morgan fingerprint density at radius 3 is 2.56 bits per heavy atom. The van der Waals surface area contributed by atoms with Crippen molar-refractivity contribution < 1.29 is 0 Å². The maximum Gasteiger partial charge on any atom is 0.171 e. The summed E-state index contributed by atoms with van der Waals surface area (Å²) >= 11 is 1.55. The minimum absolute atomic E-state index is 0.473. The zero-order chi connectivity index (χ0) is 11.4. The van der Waals surface area contributed by atoms with Gasteiger partial charge in [-0.25, -0.2) is 9.97 Å². The first-order chi connectivity index (χ1) is 7.75. The second-order valence-electron chi connectivity index (χ2n) is 3.82. The molecule has 0 unspecified atom stereocenters. The number of rotatable bonds is 4. The lowest BCUT2D eigenvalue weighted by molar-refractivity contribution is 0.587. The third-order valence-corrected chi connectivity index (χ3v) is 2.84. The fourth-order valence-corrected chi connectivity index (χ4v) is 1.79. The fourth-order valence-electron chi connectivity index (χ4n) is 1.22. The molecule has 0 atom stereocenters. The molecule has 0 saturated heterocycles. The second kappa shape index (κ2) is 5.14. The monoisotopic (exact) mass is 234 g/mol. The van der Waals surface area contributed by atoms with Crippen molar-refractivity contribution in [2.45, 2.75) is 26.4 Å². The predicted octanol–water partition coefficient (Wildman–Crippen LogP) is 2.10. The highest BCUT2D eigenvalue weighted by molar-refractivity contribution is 7.13. The molecular formula is C11H14N4S. The van der Waals surface area contributed by atoms with Gasteiger partial charge in [-0.15, -0.1) is 11.3 Å². The van der Waals surface area contributed by atoms with Crippen LogP contribution >= 0.6 is 11.3 Å². The van der Waals surface area contributed by atoms with E-state index in [0.717, 1.165) is 22.8 Å². The number of aromatic nitrogens is 3. The Kier molecular flexibility index (Phi) is 3.58. The van der Waals surface area contributed by atoms with Gasteiger partial charge in [-0.05, 0) is 0 Å². The van der Waals surface area contributed by atoms with E-state index in [1.165, 1.54) is 0 Å². The SMILES string of the molecule is CC(C)NCc1cnc(-c2cncs2)nc1. The average molecular weight is 234 g/mol. The van der Waals surface area contributed by atoms with Gasteiger partial charge in [0, 0.05) is 36.7 Å². The molecule has 0 aromatic carbocycles. The minimum Gasteiger partial charge on any atom is -0.310 e. The first-order valence-electron chi connectivity index (χ1n) is 5.19. The lowest BCUT2D eigenvalue weighted by atomic mass is 10.3. The van der Waals surface area contributed by atoms with Crippen molar-refractivity contribution in [1.29, 1.82) is 0 Å². The zero-order valence-electron chi connectivity index (χ0n) is 9.34. The van der Waals surface area contributed by atoms with Crippen molar-refractivity contribution in [3.05, 3.63) is 29.7 Å². The molecule has 0 aliphatic rings. The van der Waals surface area contributed by atoms with Crippen LogP contribution in [0.1, 0.15) is 19.4 Å². The summed E-state index contributed by atoms with van der Waals surface area (Å²) in [6, 6.07) is 0.473. The fraction of sp³-hybridized carbons (Fsp3) is 0.364. The summed E-state index contributed by atoms with van der Waals surface area (Å²) in [5.41, 5.74) is 2.88. The topological polar surface area (TPSA) is 50.7 Å². The Morgan fingerprint density at radius 1 is 1.25 bits per heavy atom. The van der Waals surface area contributed by atoms with Crippen LogP contribution in [0.15, 0.2) is 24.1 Å². The van der Waals surface area contributed by atoms with E-state index in [1.54, 1.807) is 23.0 Å². The molecule has 84 valence electrons. The molecule has 0 saturated carbocycles. The van der Waals surface area contributed by atoms with Crippen LogP contribution < -0.4 is 5.32 Å². The quantitative estimate of drug-likeness (QED) is 0.880. The Morgan fingerprint density at radius 2 is 2.00 bits per heavy atom. The average Bonchev–Trinajstić information content (AvgIpc) is 2.80. The lowest BCUT2D eigenvalue weighted by Crippen LogP contribution is -2.21. The van der Waals surface area contributed by atoms with Gasteiger partial charge in [-0.3, -0.25) is 4.98 Å². The van der Waals surface area contributed by atoms with E-state index in [2.05, 4.69) is 34.1 Å². The van der Waals surface area contributed by atoms with E-state index in [9.17, 15) is 0 Å². The van der Waals surface area contributed by atoms with E-state index in [1.807, 2.05) is 12.4 Å². The van der Waals surface area contributed by atoms with Gasteiger partial charge in [0.2, 0.25) is 0 Å². The van der Waals surface area contributed by atoms with Crippen LogP contribution in [0.2, 0.25) is 0 Å². The normalized spacial score (nSPS) is 10.9. The van der Waals surface area contributed by atoms with Crippen LogP contribution in [-0.2, 0) is 6.54 Å². The van der Waals surface area contributed by atoms with Crippen LogP contribution in [0.5, 0.6) is 0 Å². The molecule has 2 rings (SSSR count). The maximum absolute atomic E-state index is 4.32. The number of thiazole rings is 1.